The van der Waals surface area contributed by atoms with Crippen LogP contribution in [-0.2, 0) is 20.0 Å². The monoisotopic (exact) mass is 349 g/mol. The zero-order chi connectivity index (χ0) is 8.69. The Morgan fingerprint density at radius 3 is 2.09 bits per heavy atom. The predicted octanol–water partition coefficient (Wildman–Crippen LogP) is 3.23. The van der Waals surface area contributed by atoms with E-state index in [1.807, 2.05) is 31.2 Å². The third-order valence-corrected chi connectivity index (χ3v) is 1.16. The topological polar surface area (TPSA) is 4.36 Å². The van der Waals surface area contributed by atoms with Crippen molar-refractivity contribution in [3.63, 3.8) is 0 Å². The molecule has 1 nitrogen and oxygen atoms in total. The third-order valence-electron chi connectivity index (χ3n) is 1.16. The van der Waals surface area contributed by atoms with Crippen molar-refractivity contribution in [2.24, 2.45) is 0 Å². The van der Waals surface area contributed by atoms with Crippen LogP contribution in [0.25, 0.3) is 4.85 Å². The molecule has 0 spiro atoms. The van der Waals surface area contributed by atoms with Gasteiger partial charge in [-0.1, -0.05) is 29.8 Å². The zero-order valence-corrected chi connectivity index (χ0v) is 8.86. The van der Waals surface area contributed by atoms with Crippen molar-refractivity contribution in [3.8, 4) is 0 Å². The quantitative estimate of drug-likeness (QED) is 0.500. The van der Waals surface area contributed by atoms with Crippen LogP contribution >= 0.6 is 9.19 Å². The molecule has 0 radical (unpaired) electrons. The molecule has 0 aliphatic carbocycles. The number of nitrogens with zero attached hydrogens (tertiary/aromatic N) is 1. The van der Waals surface area contributed by atoms with Gasteiger partial charge in [0.05, 0.1) is 6.57 Å². The fraction of sp³-hybridized carbons (Fsp3) is 0.125. The summed E-state index contributed by atoms with van der Waals surface area (Å²) >= 11 is 1.75. The van der Waals surface area contributed by atoms with Crippen molar-refractivity contribution in [2.75, 3.05) is 0 Å². The van der Waals surface area contributed by atoms with E-state index in [0.717, 1.165) is 0 Å². The molecule has 0 heterocycles. The van der Waals surface area contributed by atoms with Crippen molar-refractivity contribution < 1.29 is 20.0 Å². The first-order valence-electron chi connectivity index (χ1n) is 2.88. The summed E-state index contributed by atoms with van der Waals surface area (Å²) in [5.74, 6) is 0. The van der Waals surface area contributed by atoms with Crippen molar-refractivity contribution in [3.05, 3.63) is 41.2 Å². The van der Waals surface area contributed by atoms with E-state index in [0.29, 0.717) is 5.69 Å². The molecule has 0 saturated carbocycles. The third kappa shape index (κ3) is 4.23. The molecule has 0 aliphatic heterocycles. The summed E-state index contributed by atoms with van der Waals surface area (Å²) in [5.41, 5.74) is 1.91. The van der Waals surface area contributed by atoms with E-state index in [2.05, 4.69) is 14.0 Å². The first kappa shape index (κ1) is 10.7. The molecular weight excluding hydrogens is 343 g/mol. The summed E-state index contributed by atoms with van der Waals surface area (Å²) in [6, 6.07) is 7.52. The van der Waals surface area contributed by atoms with Gasteiger partial charge in [-0.2, -0.15) is 0 Å². The van der Waals surface area contributed by atoms with Crippen molar-refractivity contribution in [2.45, 2.75) is 6.92 Å². The molecule has 0 saturated heterocycles. The Bertz CT molecular complexity index is 237. The van der Waals surface area contributed by atoms with Crippen LogP contribution in [0.4, 0.5) is 5.69 Å². The summed E-state index contributed by atoms with van der Waals surface area (Å²) in [4.78, 5) is 3.26. The Kier molecular flexibility index (Phi) is 6.30. The molecule has 62 valence electrons. The van der Waals surface area contributed by atoms with Crippen molar-refractivity contribution in [1.82, 2.24) is 0 Å². The molecule has 1 rings (SSSR count). The minimum atomic E-state index is 0.709. The van der Waals surface area contributed by atoms with Gasteiger partial charge in [0.15, 0.2) is 5.69 Å². The normalized spacial score (nSPS) is 7.55. The maximum absolute atomic E-state index is 6.64. The minimum absolute atomic E-state index is 0.709. The standard InChI is InChI=1S/C8H7N.Au.ClH/c1-7-3-5-8(9-2)6-4-7;;/h3-6H,1H3;;1H/q;+1;/p-1. The Morgan fingerprint density at radius 2 is 1.73 bits per heavy atom. The summed E-state index contributed by atoms with van der Waals surface area (Å²) in [5, 5.41) is 0. The average molecular weight is 350 g/mol. The Balaban J connectivity index is 0.000000461. The molecule has 0 N–H and O–H groups in total. The van der Waals surface area contributed by atoms with E-state index in [1.165, 1.54) is 5.56 Å². The molecule has 0 aliphatic rings. The molecule has 0 atom stereocenters. The van der Waals surface area contributed by atoms with Gasteiger partial charge in [-0.15, -0.1) is 0 Å². The summed E-state index contributed by atoms with van der Waals surface area (Å²) in [6.07, 6.45) is 0. The van der Waals surface area contributed by atoms with Gasteiger partial charge in [-0.3, -0.25) is 0 Å². The van der Waals surface area contributed by atoms with E-state index in [4.69, 9.17) is 6.57 Å². The molecule has 0 fully saturated rings. The van der Waals surface area contributed by atoms with E-state index < -0.39 is 0 Å². The van der Waals surface area contributed by atoms with Crippen molar-refractivity contribution >= 4 is 14.9 Å². The summed E-state index contributed by atoms with van der Waals surface area (Å²) in [6.45, 7) is 8.65. The Hall–Kier alpha value is -0.260. The van der Waals surface area contributed by atoms with Crippen LogP contribution in [0.15, 0.2) is 24.3 Å². The van der Waals surface area contributed by atoms with Gasteiger partial charge in [-0.05, 0) is 6.92 Å². The second-order valence-electron chi connectivity index (χ2n) is 1.95. The van der Waals surface area contributed by atoms with Crippen LogP contribution in [0.1, 0.15) is 5.56 Å². The first-order chi connectivity index (χ1) is 5.33. The van der Waals surface area contributed by atoms with Gasteiger partial charge in [0.25, 0.3) is 0 Å². The number of hydrogen-bond acceptors (Lipinski definition) is 0. The van der Waals surface area contributed by atoms with Crippen LogP contribution in [0.5, 0.6) is 0 Å². The van der Waals surface area contributed by atoms with Gasteiger partial charge >= 0.3 is 29.2 Å². The fourth-order valence-corrected chi connectivity index (χ4v) is 0.619. The molecular formula is C8H7AuClN. The van der Waals surface area contributed by atoms with E-state index in [1.54, 1.807) is 20.0 Å². The van der Waals surface area contributed by atoms with Crippen LogP contribution in [-0.4, -0.2) is 0 Å². The number of hydrogen-bond donors (Lipinski definition) is 0. The number of benzene rings is 1. The number of aryl methyl sites for hydroxylation is 1. The van der Waals surface area contributed by atoms with Crippen molar-refractivity contribution in [1.29, 1.82) is 0 Å². The molecule has 11 heavy (non-hydrogen) atoms. The van der Waals surface area contributed by atoms with Crippen LogP contribution in [0.3, 0.4) is 0 Å². The summed E-state index contributed by atoms with van der Waals surface area (Å²) in [7, 11) is 4.58. The molecule has 1 aromatic rings. The fourth-order valence-electron chi connectivity index (χ4n) is 0.619. The van der Waals surface area contributed by atoms with E-state index >= 15 is 0 Å². The van der Waals surface area contributed by atoms with Crippen LogP contribution < -0.4 is 0 Å². The van der Waals surface area contributed by atoms with Crippen LogP contribution in [0, 0.1) is 13.5 Å². The SMILES string of the molecule is [C-]#[N+]c1ccc(C)cc1.[Cl][Au]. The number of rotatable bonds is 0. The van der Waals surface area contributed by atoms with Gasteiger partial charge in [0.1, 0.15) is 0 Å². The first-order valence-corrected chi connectivity index (χ1v) is 5.57. The van der Waals surface area contributed by atoms with E-state index in [-0.39, 0.29) is 0 Å². The second kappa shape index (κ2) is 6.45. The van der Waals surface area contributed by atoms with Gasteiger partial charge < -0.3 is 0 Å². The summed E-state index contributed by atoms with van der Waals surface area (Å²) < 4.78 is 0. The molecule has 0 bridgehead atoms. The van der Waals surface area contributed by atoms with Gasteiger partial charge in [0.2, 0.25) is 0 Å². The zero-order valence-electron chi connectivity index (χ0n) is 5.94. The molecule has 0 unspecified atom stereocenters. The second-order valence-corrected chi connectivity index (χ2v) is 1.95. The number of halogens is 1. The van der Waals surface area contributed by atoms with E-state index in [9.17, 15) is 0 Å². The van der Waals surface area contributed by atoms with Gasteiger partial charge in [-0.25, -0.2) is 4.85 Å². The van der Waals surface area contributed by atoms with Gasteiger partial charge in [0, 0.05) is 0 Å². The Labute approximate surface area is 82.9 Å². The molecule has 0 amide bonds. The molecule has 1 aromatic carbocycles. The maximum atomic E-state index is 6.64. The predicted molar refractivity (Wildman–Crippen MR) is 43.3 cm³/mol. The molecule has 0 aromatic heterocycles. The Morgan fingerprint density at radius 1 is 1.27 bits per heavy atom. The molecule has 3 heteroatoms. The van der Waals surface area contributed by atoms with Crippen LogP contribution in [0.2, 0.25) is 0 Å². The average Bonchev–Trinajstić information content (AvgIpc) is 2.10.